The summed E-state index contributed by atoms with van der Waals surface area (Å²) in [5, 5.41) is 2.96. The predicted octanol–water partition coefficient (Wildman–Crippen LogP) is 2.23. The van der Waals surface area contributed by atoms with Crippen LogP contribution in [0.3, 0.4) is 0 Å². The monoisotopic (exact) mass is 387 g/mol. The highest BCUT2D eigenvalue weighted by atomic mass is 35.5. The van der Waals surface area contributed by atoms with Crippen molar-refractivity contribution in [3.63, 3.8) is 0 Å². The van der Waals surface area contributed by atoms with Crippen molar-refractivity contribution in [2.24, 2.45) is 0 Å². The van der Waals surface area contributed by atoms with E-state index in [0.717, 1.165) is 37.3 Å². The van der Waals surface area contributed by atoms with E-state index < -0.39 is 0 Å². The number of rotatable bonds is 7. The van der Waals surface area contributed by atoms with Gasteiger partial charge in [-0.1, -0.05) is 60.7 Å². The Morgan fingerprint density at radius 3 is 1.89 bits per heavy atom. The normalized spacial score (nSPS) is 15.0. The fourth-order valence-corrected chi connectivity index (χ4v) is 3.08. The van der Waals surface area contributed by atoms with Crippen molar-refractivity contribution >= 4 is 24.1 Å². The first kappa shape index (κ1) is 21.1. The quantitative estimate of drug-likeness (QED) is 0.740. The van der Waals surface area contributed by atoms with Crippen LogP contribution in [0.25, 0.3) is 0 Å². The van der Waals surface area contributed by atoms with Crippen LogP contribution in [0.2, 0.25) is 0 Å². The molecule has 0 aliphatic carbocycles. The van der Waals surface area contributed by atoms with Crippen molar-refractivity contribution in [2.45, 2.75) is 6.54 Å². The molecule has 0 radical (unpaired) electrons. The lowest BCUT2D eigenvalue weighted by Crippen LogP contribution is -2.50. The molecule has 1 amide bonds. The Morgan fingerprint density at radius 1 is 0.778 bits per heavy atom. The zero-order valence-corrected chi connectivity index (χ0v) is 16.2. The highest BCUT2D eigenvalue weighted by Crippen LogP contribution is 2.06. The lowest BCUT2D eigenvalue weighted by molar-refractivity contribution is -0.122. The summed E-state index contributed by atoms with van der Waals surface area (Å²) in [6.45, 7) is 4.65. The molecule has 0 aromatic heterocycles. The first-order chi connectivity index (χ1) is 12.7. The second-order valence-electron chi connectivity index (χ2n) is 6.60. The van der Waals surface area contributed by atoms with Gasteiger partial charge in [0.2, 0.25) is 5.91 Å². The number of Topliss-reactive ketones (excluding diaryl/α,β-unsaturated/α-hetero) is 1. The summed E-state index contributed by atoms with van der Waals surface area (Å²) in [4.78, 5) is 28.7. The average Bonchev–Trinajstić information content (AvgIpc) is 2.69. The van der Waals surface area contributed by atoms with Crippen LogP contribution in [-0.2, 0) is 11.3 Å². The van der Waals surface area contributed by atoms with Gasteiger partial charge in [-0.05, 0) is 5.56 Å². The molecule has 0 atom stereocenters. The van der Waals surface area contributed by atoms with Crippen LogP contribution in [0.15, 0.2) is 60.7 Å². The molecule has 2 aromatic carbocycles. The number of carbonyl (C=O) groups is 2. The molecule has 2 aromatic rings. The number of benzene rings is 2. The average molecular weight is 388 g/mol. The molecule has 0 spiro atoms. The first-order valence-electron chi connectivity index (χ1n) is 9.04. The Kier molecular flexibility index (Phi) is 8.45. The number of nitrogens with zero attached hydrogens (tertiary/aromatic N) is 2. The third-order valence-corrected chi connectivity index (χ3v) is 4.63. The van der Waals surface area contributed by atoms with Crippen LogP contribution < -0.4 is 5.32 Å². The number of carbonyl (C=O) groups excluding carboxylic acids is 2. The SMILES string of the molecule is Cl.O=C(CN1CCN(CC(=O)c2ccccc2)CC1)NCc1ccccc1. The Balaban J connectivity index is 0.00000261. The molecule has 0 bridgehead atoms. The predicted molar refractivity (Wildman–Crippen MR) is 109 cm³/mol. The van der Waals surface area contributed by atoms with Crippen LogP contribution in [0.1, 0.15) is 15.9 Å². The van der Waals surface area contributed by atoms with Gasteiger partial charge in [-0.25, -0.2) is 0 Å². The maximum absolute atomic E-state index is 12.3. The second kappa shape index (κ2) is 10.8. The molecular formula is C21H26ClN3O2. The maximum Gasteiger partial charge on any atom is 0.234 e. The van der Waals surface area contributed by atoms with Gasteiger partial charge >= 0.3 is 0 Å². The van der Waals surface area contributed by atoms with Crippen molar-refractivity contribution in [2.75, 3.05) is 39.3 Å². The summed E-state index contributed by atoms with van der Waals surface area (Å²) in [6, 6.07) is 19.3. The molecule has 0 unspecified atom stereocenters. The topological polar surface area (TPSA) is 52.7 Å². The number of nitrogens with one attached hydrogen (secondary N) is 1. The van der Waals surface area contributed by atoms with Crippen LogP contribution in [-0.4, -0.2) is 60.8 Å². The van der Waals surface area contributed by atoms with E-state index in [1.165, 1.54) is 0 Å². The second-order valence-corrected chi connectivity index (χ2v) is 6.60. The Bertz CT molecular complexity index is 717. The van der Waals surface area contributed by atoms with Gasteiger partial charge in [0.1, 0.15) is 0 Å². The highest BCUT2D eigenvalue weighted by Gasteiger charge is 2.20. The van der Waals surface area contributed by atoms with Gasteiger partial charge in [-0.15, -0.1) is 12.4 Å². The largest absolute Gasteiger partial charge is 0.351 e. The van der Waals surface area contributed by atoms with Gasteiger partial charge in [-0.3, -0.25) is 19.4 Å². The van der Waals surface area contributed by atoms with Gasteiger partial charge in [0.05, 0.1) is 13.1 Å². The van der Waals surface area contributed by atoms with Crippen molar-refractivity contribution in [1.29, 1.82) is 0 Å². The molecule has 27 heavy (non-hydrogen) atoms. The summed E-state index contributed by atoms with van der Waals surface area (Å²) >= 11 is 0. The molecule has 1 aliphatic heterocycles. The van der Waals surface area contributed by atoms with E-state index in [2.05, 4.69) is 15.1 Å². The summed E-state index contributed by atoms with van der Waals surface area (Å²) in [7, 11) is 0. The van der Waals surface area contributed by atoms with E-state index in [4.69, 9.17) is 0 Å². The Labute approximate surface area is 166 Å². The van der Waals surface area contributed by atoms with Gasteiger partial charge < -0.3 is 5.32 Å². The maximum atomic E-state index is 12.3. The molecule has 1 heterocycles. The lowest BCUT2D eigenvalue weighted by Gasteiger charge is -2.33. The Morgan fingerprint density at radius 2 is 1.30 bits per heavy atom. The standard InChI is InChI=1S/C21H25N3O2.ClH/c25-20(19-9-5-2-6-10-19)16-23-11-13-24(14-12-23)17-21(26)22-15-18-7-3-1-4-8-18;/h1-10H,11-17H2,(H,22,26);1H. The molecular weight excluding hydrogens is 362 g/mol. The number of ketones is 1. The van der Waals surface area contributed by atoms with Gasteiger partial charge in [-0.2, -0.15) is 0 Å². The third kappa shape index (κ3) is 6.79. The summed E-state index contributed by atoms with van der Waals surface area (Å²) in [5.41, 5.74) is 1.86. The van der Waals surface area contributed by atoms with Crippen molar-refractivity contribution < 1.29 is 9.59 Å². The van der Waals surface area contributed by atoms with E-state index in [-0.39, 0.29) is 24.1 Å². The smallest absolute Gasteiger partial charge is 0.234 e. The lowest BCUT2D eigenvalue weighted by atomic mass is 10.1. The Hall–Kier alpha value is -2.21. The molecule has 1 saturated heterocycles. The van der Waals surface area contributed by atoms with E-state index in [9.17, 15) is 9.59 Å². The number of piperazine rings is 1. The molecule has 3 rings (SSSR count). The van der Waals surface area contributed by atoms with E-state index in [1.807, 2.05) is 60.7 Å². The molecule has 6 heteroatoms. The molecule has 144 valence electrons. The van der Waals surface area contributed by atoms with E-state index in [1.54, 1.807) is 0 Å². The molecule has 1 fully saturated rings. The van der Waals surface area contributed by atoms with E-state index in [0.29, 0.717) is 19.6 Å². The van der Waals surface area contributed by atoms with Crippen LogP contribution in [0.4, 0.5) is 0 Å². The van der Waals surface area contributed by atoms with E-state index >= 15 is 0 Å². The number of halogens is 1. The highest BCUT2D eigenvalue weighted by molar-refractivity contribution is 5.97. The van der Waals surface area contributed by atoms with Crippen molar-refractivity contribution in [3.8, 4) is 0 Å². The van der Waals surface area contributed by atoms with Crippen molar-refractivity contribution in [3.05, 3.63) is 71.8 Å². The minimum absolute atomic E-state index is 0. The molecule has 1 N–H and O–H groups in total. The van der Waals surface area contributed by atoms with Crippen LogP contribution >= 0.6 is 12.4 Å². The first-order valence-corrected chi connectivity index (χ1v) is 9.04. The zero-order chi connectivity index (χ0) is 18.2. The third-order valence-electron chi connectivity index (χ3n) is 4.63. The number of amides is 1. The van der Waals surface area contributed by atoms with Crippen LogP contribution in [0, 0.1) is 0 Å². The number of hydrogen-bond donors (Lipinski definition) is 1. The summed E-state index contributed by atoms with van der Waals surface area (Å²) in [5.74, 6) is 0.197. The summed E-state index contributed by atoms with van der Waals surface area (Å²) in [6.07, 6.45) is 0. The van der Waals surface area contributed by atoms with Crippen LogP contribution in [0.5, 0.6) is 0 Å². The van der Waals surface area contributed by atoms with Gasteiger partial charge in [0, 0.05) is 38.3 Å². The zero-order valence-electron chi connectivity index (χ0n) is 15.3. The van der Waals surface area contributed by atoms with Gasteiger partial charge in [0.15, 0.2) is 5.78 Å². The minimum atomic E-state index is 0. The fraction of sp³-hybridized carbons (Fsp3) is 0.333. The van der Waals surface area contributed by atoms with Gasteiger partial charge in [0.25, 0.3) is 0 Å². The number of hydrogen-bond acceptors (Lipinski definition) is 4. The van der Waals surface area contributed by atoms with Crippen molar-refractivity contribution in [1.82, 2.24) is 15.1 Å². The molecule has 1 aliphatic rings. The summed E-state index contributed by atoms with van der Waals surface area (Å²) < 4.78 is 0. The molecule has 0 saturated carbocycles. The minimum Gasteiger partial charge on any atom is -0.351 e. The fourth-order valence-electron chi connectivity index (χ4n) is 3.08. The molecule has 5 nitrogen and oxygen atoms in total.